The smallest absolute Gasteiger partial charge is 0.246 e. The van der Waals surface area contributed by atoms with Gasteiger partial charge in [0, 0.05) is 25.2 Å². The number of aryl methyl sites for hydroxylation is 1. The number of likely N-dealkylation sites (tertiary alicyclic amines) is 1. The zero-order valence-corrected chi connectivity index (χ0v) is 13.3. The van der Waals surface area contributed by atoms with Crippen LogP contribution in [0.4, 0.5) is 0 Å². The van der Waals surface area contributed by atoms with Crippen molar-refractivity contribution < 1.29 is 17.6 Å². The lowest BCUT2D eigenvalue weighted by atomic mass is 10.3. The predicted octanol–water partition coefficient (Wildman–Crippen LogP) is 1.28. The number of nitrogens with one attached hydrogen (secondary N) is 1. The Hall–Kier alpha value is -1.60. The van der Waals surface area contributed by atoms with Crippen LogP contribution in [0.3, 0.4) is 0 Å². The molecule has 2 heterocycles. The van der Waals surface area contributed by atoms with Gasteiger partial charge in [0.05, 0.1) is 5.25 Å². The summed E-state index contributed by atoms with van der Waals surface area (Å²) >= 11 is 0. The Kier molecular flexibility index (Phi) is 4.10. The lowest BCUT2D eigenvalue weighted by Crippen LogP contribution is -2.38. The van der Waals surface area contributed by atoms with E-state index in [9.17, 15) is 13.2 Å². The third-order valence-electron chi connectivity index (χ3n) is 3.96. The highest BCUT2D eigenvalue weighted by Gasteiger charge is 2.37. The van der Waals surface area contributed by atoms with E-state index in [4.69, 9.17) is 4.42 Å². The molecule has 1 aromatic heterocycles. The predicted molar refractivity (Wildman–Crippen MR) is 82.5 cm³/mol. The van der Waals surface area contributed by atoms with E-state index in [0.29, 0.717) is 18.7 Å². The van der Waals surface area contributed by atoms with Crippen molar-refractivity contribution >= 4 is 22.0 Å². The van der Waals surface area contributed by atoms with Crippen molar-refractivity contribution in [3.63, 3.8) is 0 Å². The minimum absolute atomic E-state index is 0.108. The highest BCUT2D eigenvalue weighted by Crippen LogP contribution is 2.23. The molecule has 2 fully saturated rings. The molecule has 1 N–H and O–H groups in total. The molecule has 1 aliphatic heterocycles. The second-order valence-corrected chi connectivity index (χ2v) is 7.91. The van der Waals surface area contributed by atoms with Crippen LogP contribution >= 0.6 is 0 Å². The van der Waals surface area contributed by atoms with Gasteiger partial charge in [-0.1, -0.05) is 0 Å². The molecule has 1 amide bonds. The second-order valence-electron chi connectivity index (χ2n) is 5.91. The van der Waals surface area contributed by atoms with Gasteiger partial charge in [-0.3, -0.25) is 4.79 Å². The Morgan fingerprint density at radius 3 is 2.77 bits per heavy atom. The quantitative estimate of drug-likeness (QED) is 0.828. The monoisotopic (exact) mass is 324 g/mol. The van der Waals surface area contributed by atoms with Crippen LogP contribution in [0.2, 0.25) is 0 Å². The maximum absolute atomic E-state index is 12.2. The number of carbonyl (C=O) groups is 1. The molecule has 0 bridgehead atoms. The fourth-order valence-electron chi connectivity index (χ4n) is 2.51. The van der Waals surface area contributed by atoms with Crippen LogP contribution in [0, 0.1) is 6.92 Å². The first-order chi connectivity index (χ1) is 10.4. The minimum atomic E-state index is -3.31. The van der Waals surface area contributed by atoms with Crippen LogP contribution in [-0.4, -0.2) is 43.6 Å². The van der Waals surface area contributed by atoms with Gasteiger partial charge in [0.2, 0.25) is 15.9 Å². The Morgan fingerprint density at radius 1 is 1.36 bits per heavy atom. The lowest BCUT2D eigenvalue weighted by Gasteiger charge is -2.15. The number of carbonyl (C=O) groups excluding carboxylic acids is 1. The highest BCUT2D eigenvalue weighted by molar-refractivity contribution is 7.90. The van der Waals surface area contributed by atoms with E-state index < -0.39 is 15.3 Å². The van der Waals surface area contributed by atoms with Gasteiger partial charge >= 0.3 is 0 Å². The summed E-state index contributed by atoms with van der Waals surface area (Å²) in [5.41, 5.74) is 0. The fraction of sp³-hybridized carbons (Fsp3) is 0.533. The topological polar surface area (TPSA) is 79.6 Å². The molecule has 7 heteroatoms. The Balaban J connectivity index is 1.57. The molecule has 3 rings (SSSR count). The molecule has 1 unspecified atom stereocenters. The zero-order chi connectivity index (χ0) is 15.7. The van der Waals surface area contributed by atoms with E-state index in [2.05, 4.69) is 4.72 Å². The molecule has 1 atom stereocenters. The lowest BCUT2D eigenvalue weighted by molar-refractivity contribution is -0.124. The average molecular weight is 324 g/mol. The van der Waals surface area contributed by atoms with Crippen molar-refractivity contribution in [2.24, 2.45) is 0 Å². The maximum atomic E-state index is 12.2. The van der Waals surface area contributed by atoms with E-state index in [0.717, 1.165) is 18.6 Å². The molecule has 1 saturated carbocycles. The number of hydrogen-bond donors (Lipinski definition) is 1. The first kappa shape index (κ1) is 15.3. The molecule has 22 heavy (non-hydrogen) atoms. The van der Waals surface area contributed by atoms with E-state index in [1.807, 2.05) is 13.0 Å². The molecular weight excluding hydrogens is 304 g/mol. The van der Waals surface area contributed by atoms with Gasteiger partial charge < -0.3 is 9.32 Å². The fourth-order valence-corrected chi connectivity index (χ4v) is 4.20. The number of hydrogen-bond acceptors (Lipinski definition) is 4. The van der Waals surface area contributed by atoms with Crippen molar-refractivity contribution in [3.8, 4) is 0 Å². The summed E-state index contributed by atoms with van der Waals surface area (Å²) in [5, 5.41) is -0.503. The van der Waals surface area contributed by atoms with E-state index in [-0.39, 0.29) is 18.5 Å². The summed E-state index contributed by atoms with van der Waals surface area (Å²) < 4.78 is 32.4. The van der Waals surface area contributed by atoms with Crippen LogP contribution in [0.1, 0.15) is 30.8 Å². The Bertz CT molecular complexity index is 688. The summed E-state index contributed by atoms with van der Waals surface area (Å²) in [4.78, 5) is 13.7. The van der Waals surface area contributed by atoms with E-state index in [1.54, 1.807) is 17.0 Å². The summed E-state index contributed by atoms with van der Waals surface area (Å²) in [6.07, 6.45) is 5.36. The van der Waals surface area contributed by atoms with Crippen LogP contribution in [0.15, 0.2) is 22.6 Å². The van der Waals surface area contributed by atoms with E-state index in [1.165, 1.54) is 6.08 Å². The van der Waals surface area contributed by atoms with Gasteiger partial charge in [-0.25, -0.2) is 13.1 Å². The number of amides is 1. The first-order valence-electron chi connectivity index (χ1n) is 7.48. The molecule has 2 aliphatic rings. The van der Waals surface area contributed by atoms with Crippen LogP contribution in [0.25, 0.3) is 6.08 Å². The van der Waals surface area contributed by atoms with Crippen molar-refractivity contribution in [2.75, 3.05) is 13.1 Å². The largest absolute Gasteiger partial charge is 0.462 e. The summed E-state index contributed by atoms with van der Waals surface area (Å²) in [7, 11) is -3.31. The van der Waals surface area contributed by atoms with Crippen LogP contribution in [-0.2, 0) is 14.8 Å². The van der Waals surface area contributed by atoms with Gasteiger partial charge in [0.15, 0.2) is 0 Å². The maximum Gasteiger partial charge on any atom is 0.246 e. The highest BCUT2D eigenvalue weighted by atomic mass is 32.2. The SMILES string of the molecule is Cc1ccc(C=CC(=O)N2CCC(S(=O)(=O)NC3CC3)C2)o1. The number of furan rings is 1. The van der Waals surface area contributed by atoms with Gasteiger partial charge in [0.1, 0.15) is 11.5 Å². The standard InChI is InChI=1S/C15H20N2O4S/c1-11-2-5-13(21-11)6-7-15(18)17-9-8-14(10-17)22(19,20)16-12-3-4-12/h2,5-7,12,14,16H,3-4,8-10H2,1H3. The second kappa shape index (κ2) is 5.89. The molecule has 6 nitrogen and oxygen atoms in total. The van der Waals surface area contributed by atoms with Gasteiger partial charge in [-0.2, -0.15) is 0 Å². The van der Waals surface area contributed by atoms with Crippen molar-refractivity contribution in [1.82, 2.24) is 9.62 Å². The molecule has 1 aromatic rings. The molecule has 0 radical (unpaired) electrons. The summed E-state index contributed by atoms with van der Waals surface area (Å²) in [6, 6.07) is 3.72. The van der Waals surface area contributed by atoms with Gasteiger partial charge in [0.25, 0.3) is 0 Å². The molecule has 1 saturated heterocycles. The number of nitrogens with zero attached hydrogens (tertiary/aromatic N) is 1. The van der Waals surface area contributed by atoms with Gasteiger partial charge in [-0.15, -0.1) is 0 Å². The zero-order valence-electron chi connectivity index (χ0n) is 12.5. The van der Waals surface area contributed by atoms with Crippen molar-refractivity contribution in [3.05, 3.63) is 29.7 Å². The number of sulfonamides is 1. The van der Waals surface area contributed by atoms with E-state index >= 15 is 0 Å². The summed E-state index contributed by atoms with van der Waals surface area (Å²) in [6.45, 7) is 2.56. The minimum Gasteiger partial charge on any atom is -0.462 e. The third-order valence-corrected chi connectivity index (χ3v) is 5.88. The first-order valence-corrected chi connectivity index (χ1v) is 9.03. The van der Waals surface area contributed by atoms with Crippen molar-refractivity contribution in [1.29, 1.82) is 0 Å². The molecular formula is C15H20N2O4S. The number of rotatable bonds is 5. The van der Waals surface area contributed by atoms with Crippen LogP contribution < -0.4 is 4.72 Å². The normalized spacial score (nSPS) is 22.6. The van der Waals surface area contributed by atoms with Gasteiger partial charge in [-0.05, 0) is 44.4 Å². The molecule has 0 spiro atoms. The molecule has 1 aliphatic carbocycles. The summed E-state index contributed by atoms with van der Waals surface area (Å²) in [5.74, 6) is 1.22. The Labute approximate surface area is 130 Å². The molecule has 120 valence electrons. The molecule has 0 aromatic carbocycles. The van der Waals surface area contributed by atoms with Crippen LogP contribution in [0.5, 0.6) is 0 Å². The average Bonchev–Trinajstić information content (AvgIpc) is 2.97. The third kappa shape index (κ3) is 3.59. The van der Waals surface area contributed by atoms with Crippen molar-refractivity contribution in [2.45, 2.75) is 37.5 Å². The Morgan fingerprint density at radius 2 is 2.14 bits per heavy atom.